The number of benzene rings is 1. The van der Waals surface area contributed by atoms with Gasteiger partial charge >= 0.3 is 0 Å². The Morgan fingerprint density at radius 2 is 1.83 bits per heavy atom. The van der Waals surface area contributed by atoms with E-state index in [9.17, 15) is 21.6 Å². The van der Waals surface area contributed by atoms with Gasteiger partial charge in [-0.3, -0.25) is 4.79 Å². The molecule has 0 aliphatic rings. The van der Waals surface area contributed by atoms with Gasteiger partial charge in [-0.25, -0.2) is 16.8 Å². The maximum absolute atomic E-state index is 12.1. The summed E-state index contributed by atoms with van der Waals surface area (Å²) in [7, 11) is -8.60. The summed E-state index contributed by atoms with van der Waals surface area (Å²) in [5, 5.41) is 3.36. The Hall–Kier alpha value is -1.98. The summed E-state index contributed by atoms with van der Waals surface area (Å²) >= 11 is 0. The van der Waals surface area contributed by atoms with Crippen LogP contribution in [-0.4, -0.2) is 51.2 Å². The minimum atomic E-state index is -4.30. The van der Waals surface area contributed by atoms with Crippen molar-refractivity contribution in [3.63, 3.8) is 0 Å². The van der Waals surface area contributed by atoms with Crippen molar-refractivity contribution >= 4 is 32.2 Å². The molecule has 0 unspecified atom stereocenters. The monoisotopic (exact) mass is 362 g/mol. The molecule has 0 aliphatic carbocycles. The number of nitrogens with two attached hydrogens (primary N) is 2. The van der Waals surface area contributed by atoms with E-state index in [2.05, 4.69) is 5.10 Å². The van der Waals surface area contributed by atoms with E-state index in [1.807, 2.05) is 0 Å². The van der Waals surface area contributed by atoms with E-state index in [1.165, 1.54) is 6.21 Å². The molecular formula is C12H18N4O5S2. The van der Waals surface area contributed by atoms with Crippen LogP contribution in [0.3, 0.4) is 0 Å². The fraction of sp³-hybridized carbons (Fsp3) is 0.333. The Labute approximate surface area is 135 Å². The number of carbonyl (C=O) groups is 1. The standard InChI is InChI=1S/C12H18N4O5S2/c1-22(18,19)16(23(2,20)21)12(17)11(13)7-9-4-3-5-10(6-9)8-15-14/h3-6,8,11H,7,13-14H2,1-2H3/t11-/m0/s1. The molecule has 1 aromatic rings. The molecule has 0 aliphatic heterocycles. The van der Waals surface area contributed by atoms with Gasteiger partial charge in [-0.05, 0) is 17.5 Å². The normalized spacial score (nSPS) is 13.9. The topological polar surface area (TPSA) is 153 Å². The zero-order valence-electron chi connectivity index (χ0n) is 12.6. The Morgan fingerprint density at radius 1 is 1.26 bits per heavy atom. The van der Waals surface area contributed by atoms with Crippen LogP contribution in [0.2, 0.25) is 0 Å². The van der Waals surface area contributed by atoms with Gasteiger partial charge in [0.2, 0.25) is 20.0 Å². The highest BCUT2D eigenvalue weighted by Crippen LogP contribution is 2.12. The van der Waals surface area contributed by atoms with Gasteiger partial charge < -0.3 is 11.6 Å². The SMILES string of the molecule is CS(=O)(=O)N(C(=O)[C@@H](N)Cc1cccc(C=NN)c1)S(C)(=O)=O. The van der Waals surface area contributed by atoms with Crippen molar-refractivity contribution in [2.45, 2.75) is 12.5 Å². The van der Waals surface area contributed by atoms with Crippen LogP contribution in [0.25, 0.3) is 0 Å². The molecule has 1 amide bonds. The molecule has 0 fully saturated rings. The average molecular weight is 362 g/mol. The van der Waals surface area contributed by atoms with Crippen LogP contribution in [0.15, 0.2) is 29.4 Å². The molecule has 0 saturated carbocycles. The molecule has 0 heterocycles. The van der Waals surface area contributed by atoms with E-state index < -0.39 is 32.0 Å². The molecule has 1 atom stereocenters. The van der Waals surface area contributed by atoms with Crippen molar-refractivity contribution in [1.82, 2.24) is 3.71 Å². The Morgan fingerprint density at radius 3 is 2.30 bits per heavy atom. The summed E-state index contributed by atoms with van der Waals surface area (Å²) < 4.78 is 46.0. The summed E-state index contributed by atoms with van der Waals surface area (Å²) in [6.45, 7) is 0. The molecule has 4 N–H and O–H groups in total. The summed E-state index contributed by atoms with van der Waals surface area (Å²) in [6, 6.07) is 5.35. The van der Waals surface area contributed by atoms with Crippen LogP contribution in [0.4, 0.5) is 0 Å². The molecule has 0 aromatic heterocycles. The second kappa shape index (κ2) is 7.06. The molecule has 11 heteroatoms. The van der Waals surface area contributed by atoms with Gasteiger partial charge in [0.15, 0.2) is 0 Å². The van der Waals surface area contributed by atoms with Crippen LogP contribution in [-0.2, 0) is 31.3 Å². The summed E-state index contributed by atoms with van der Waals surface area (Å²) in [4.78, 5) is 12.1. The van der Waals surface area contributed by atoms with Crippen LogP contribution in [0, 0.1) is 0 Å². The first-order valence-corrected chi connectivity index (χ1v) is 9.98. The van der Waals surface area contributed by atoms with E-state index in [4.69, 9.17) is 11.6 Å². The maximum atomic E-state index is 12.1. The molecule has 0 saturated heterocycles. The zero-order valence-corrected chi connectivity index (χ0v) is 14.2. The third-order valence-corrected chi connectivity index (χ3v) is 5.92. The fourth-order valence-corrected chi connectivity index (χ4v) is 4.83. The summed E-state index contributed by atoms with van der Waals surface area (Å²) in [6.07, 6.45) is 2.58. The third-order valence-electron chi connectivity index (χ3n) is 2.73. The first kappa shape index (κ1) is 19.1. The first-order chi connectivity index (χ1) is 10.5. The van der Waals surface area contributed by atoms with Gasteiger partial charge in [0.1, 0.15) is 0 Å². The van der Waals surface area contributed by atoms with Crippen molar-refractivity contribution in [3.8, 4) is 0 Å². The lowest BCUT2D eigenvalue weighted by Gasteiger charge is -2.21. The molecule has 9 nitrogen and oxygen atoms in total. The largest absolute Gasteiger partial charge is 0.323 e. The smallest absolute Gasteiger partial charge is 0.267 e. The van der Waals surface area contributed by atoms with Gasteiger partial charge in [0, 0.05) is 0 Å². The number of rotatable bonds is 6. The minimum Gasteiger partial charge on any atom is -0.323 e. The summed E-state index contributed by atoms with van der Waals surface area (Å²) in [5.74, 6) is 3.83. The zero-order chi connectivity index (χ0) is 17.8. The highest BCUT2D eigenvalue weighted by molar-refractivity contribution is 8.04. The van der Waals surface area contributed by atoms with E-state index in [0.29, 0.717) is 23.6 Å². The van der Waals surface area contributed by atoms with Crippen LogP contribution in [0.5, 0.6) is 0 Å². The van der Waals surface area contributed by atoms with Gasteiger partial charge in [-0.2, -0.15) is 5.10 Å². The number of hydrogen-bond acceptors (Lipinski definition) is 8. The number of amides is 1. The predicted molar refractivity (Wildman–Crippen MR) is 86.4 cm³/mol. The van der Waals surface area contributed by atoms with Crippen molar-refractivity contribution in [1.29, 1.82) is 0 Å². The van der Waals surface area contributed by atoms with Crippen molar-refractivity contribution in [2.24, 2.45) is 16.7 Å². The quantitative estimate of drug-likeness (QED) is 0.358. The van der Waals surface area contributed by atoms with Crippen LogP contribution in [0.1, 0.15) is 11.1 Å². The van der Waals surface area contributed by atoms with Crippen LogP contribution < -0.4 is 11.6 Å². The van der Waals surface area contributed by atoms with E-state index in [-0.39, 0.29) is 10.1 Å². The fourth-order valence-electron chi connectivity index (χ4n) is 1.94. The Balaban J connectivity index is 3.07. The van der Waals surface area contributed by atoms with Crippen molar-refractivity contribution < 1.29 is 21.6 Å². The number of hydrazone groups is 1. The number of carbonyl (C=O) groups excluding carboxylic acids is 1. The number of hydrogen-bond donors (Lipinski definition) is 2. The van der Waals surface area contributed by atoms with Gasteiger partial charge in [-0.1, -0.05) is 24.3 Å². The second-order valence-electron chi connectivity index (χ2n) is 4.90. The molecular weight excluding hydrogens is 344 g/mol. The maximum Gasteiger partial charge on any atom is 0.267 e. The highest BCUT2D eigenvalue weighted by Gasteiger charge is 2.35. The molecule has 0 bridgehead atoms. The van der Waals surface area contributed by atoms with Crippen molar-refractivity contribution in [2.75, 3.05) is 12.5 Å². The van der Waals surface area contributed by atoms with E-state index in [1.54, 1.807) is 24.3 Å². The minimum absolute atomic E-state index is 0.0490. The van der Waals surface area contributed by atoms with Crippen molar-refractivity contribution in [3.05, 3.63) is 35.4 Å². The molecule has 128 valence electrons. The molecule has 23 heavy (non-hydrogen) atoms. The second-order valence-corrected chi connectivity index (χ2v) is 8.79. The predicted octanol–water partition coefficient (Wildman–Crippen LogP) is -1.40. The molecule has 1 rings (SSSR count). The lowest BCUT2D eigenvalue weighted by atomic mass is 10.0. The highest BCUT2D eigenvalue weighted by atomic mass is 32.3. The Kier molecular flexibility index (Phi) is 5.86. The summed E-state index contributed by atoms with van der Waals surface area (Å²) in [5.41, 5.74) is 6.95. The average Bonchev–Trinajstić information content (AvgIpc) is 2.35. The molecule has 0 radical (unpaired) electrons. The first-order valence-electron chi connectivity index (χ1n) is 6.29. The van der Waals surface area contributed by atoms with Gasteiger partial charge in [-0.15, -0.1) is 3.71 Å². The van der Waals surface area contributed by atoms with Crippen LogP contribution >= 0.6 is 0 Å². The lowest BCUT2D eigenvalue weighted by Crippen LogP contribution is -2.49. The van der Waals surface area contributed by atoms with E-state index in [0.717, 1.165) is 0 Å². The lowest BCUT2D eigenvalue weighted by molar-refractivity contribution is -0.124. The Bertz CT molecular complexity index is 786. The van der Waals surface area contributed by atoms with Gasteiger partial charge in [0.05, 0.1) is 24.8 Å². The van der Waals surface area contributed by atoms with E-state index >= 15 is 0 Å². The number of sulfonamides is 2. The third kappa shape index (κ3) is 5.30. The molecule has 0 spiro atoms. The van der Waals surface area contributed by atoms with Gasteiger partial charge in [0.25, 0.3) is 5.91 Å². The number of nitrogens with zero attached hydrogens (tertiary/aromatic N) is 2. The molecule has 1 aromatic carbocycles.